The largest absolute Gasteiger partial charge is 0.299 e. The lowest BCUT2D eigenvalue weighted by molar-refractivity contribution is 0.481. The quantitative estimate of drug-likeness (QED) is 0.658. The van der Waals surface area contributed by atoms with Crippen molar-refractivity contribution in [3.8, 4) is 0 Å². The minimum atomic E-state index is -2.21. The van der Waals surface area contributed by atoms with Crippen molar-refractivity contribution in [2.45, 2.75) is 39.5 Å². The average molecular weight is 180 g/mol. The maximum absolute atomic E-state index is 9.42. The van der Waals surface area contributed by atoms with Gasteiger partial charge in [0.15, 0.2) is 0 Å². The van der Waals surface area contributed by atoms with Crippen LogP contribution in [0.25, 0.3) is 0 Å². The zero-order valence-corrected chi connectivity index (χ0v) is 8.36. The Morgan fingerprint density at radius 1 is 0.909 bits per heavy atom. The number of hydrogen-bond acceptors (Lipinski definition) is 2. The van der Waals surface area contributed by atoms with Gasteiger partial charge in [0.1, 0.15) is 0 Å². The predicted octanol–water partition coefficient (Wildman–Crippen LogP) is 3.34. The SMILES string of the molecule is CCCCS(O)(O)CCCC. The predicted molar refractivity (Wildman–Crippen MR) is 52.4 cm³/mol. The van der Waals surface area contributed by atoms with Crippen LogP contribution in [0.2, 0.25) is 0 Å². The highest BCUT2D eigenvalue weighted by Crippen LogP contribution is 2.40. The summed E-state index contributed by atoms with van der Waals surface area (Å²) in [6, 6.07) is 0. The topological polar surface area (TPSA) is 40.5 Å². The minimum Gasteiger partial charge on any atom is -0.299 e. The van der Waals surface area contributed by atoms with Crippen LogP contribution < -0.4 is 0 Å². The molecule has 0 aliphatic carbocycles. The van der Waals surface area contributed by atoms with Crippen LogP contribution in [0.1, 0.15) is 39.5 Å². The van der Waals surface area contributed by atoms with Gasteiger partial charge in [-0.2, -0.15) is 10.6 Å². The van der Waals surface area contributed by atoms with Gasteiger partial charge in [0.2, 0.25) is 0 Å². The van der Waals surface area contributed by atoms with Gasteiger partial charge in [-0.3, -0.25) is 9.11 Å². The lowest BCUT2D eigenvalue weighted by atomic mass is 10.4. The Bertz CT molecular complexity index is 84.1. The van der Waals surface area contributed by atoms with E-state index in [0.29, 0.717) is 11.5 Å². The summed E-state index contributed by atoms with van der Waals surface area (Å²) in [5.41, 5.74) is 0. The van der Waals surface area contributed by atoms with Crippen molar-refractivity contribution in [2.24, 2.45) is 0 Å². The van der Waals surface area contributed by atoms with Crippen LogP contribution in [-0.2, 0) is 0 Å². The second-order valence-corrected chi connectivity index (χ2v) is 5.34. The Morgan fingerprint density at radius 3 is 1.55 bits per heavy atom. The maximum atomic E-state index is 9.42. The summed E-state index contributed by atoms with van der Waals surface area (Å²) in [6.07, 6.45) is 3.96. The summed E-state index contributed by atoms with van der Waals surface area (Å²) in [4.78, 5) is 0. The maximum Gasteiger partial charge on any atom is 0.0374 e. The zero-order chi connectivity index (χ0) is 8.74. The number of unbranched alkanes of at least 4 members (excludes halogenated alkanes) is 2. The molecule has 0 aromatic heterocycles. The second-order valence-electron chi connectivity index (χ2n) is 2.92. The molecule has 0 saturated carbocycles. The second kappa shape index (κ2) is 5.86. The van der Waals surface area contributed by atoms with E-state index in [9.17, 15) is 9.11 Å². The standard InChI is InChI=1S/C8H20O2S/c1-3-5-7-11(9,10)8-6-4-2/h9-10H,3-8H2,1-2H3. The lowest BCUT2D eigenvalue weighted by Crippen LogP contribution is -2.07. The summed E-state index contributed by atoms with van der Waals surface area (Å²) in [5, 5.41) is 0. The van der Waals surface area contributed by atoms with Crippen molar-refractivity contribution < 1.29 is 9.11 Å². The molecule has 0 aliphatic rings. The molecule has 70 valence electrons. The summed E-state index contributed by atoms with van der Waals surface area (Å²) >= 11 is 0. The van der Waals surface area contributed by atoms with Crippen molar-refractivity contribution in [3.05, 3.63) is 0 Å². The van der Waals surface area contributed by atoms with Gasteiger partial charge in [-0.25, -0.2) is 0 Å². The minimum absolute atomic E-state index is 0.601. The first-order chi connectivity index (χ1) is 5.12. The summed E-state index contributed by atoms with van der Waals surface area (Å²) in [5.74, 6) is 1.20. The van der Waals surface area contributed by atoms with E-state index in [1.807, 2.05) is 0 Å². The third-order valence-corrected chi connectivity index (χ3v) is 3.53. The molecule has 0 atom stereocenters. The number of rotatable bonds is 6. The molecule has 0 aliphatic heterocycles. The molecule has 0 fully saturated rings. The fourth-order valence-electron chi connectivity index (χ4n) is 0.853. The van der Waals surface area contributed by atoms with Crippen LogP contribution in [0, 0.1) is 0 Å². The third kappa shape index (κ3) is 6.66. The van der Waals surface area contributed by atoms with Gasteiger partial charge in [0, 0.05) is 11.5 Å². The van der Waals surface area contributed by atoms with Crippen LogP contribution in [0.5, 0.6) is 0 Å². The third-order valence-electron chi connectivity index (χ3n) is 1.65. The molecule has 11 heavy (non-hydrogen) atoms. The van der Waals surface area contributed by atoms with E-state index in [2.05, 4.69) is 13.8 Å². The van der Waals surface area contributed by atoms with E-state index in [0.717, 1.165) is 25.7 Å². The molecule has 0 saturated heterocycles. The molecule has 0 rings (SSSR count). The molecule has 0 spiro atoms. The van der Waals surface area contributed by atoms with E-state index < -0.39 is 10.6 Å². The molecule has 0 unspecified atom stereocenters. The average Bonchev–Trinajstić information content (AvgIpc) is 1.97. The van der Waals surface area contributed by atoms with Gasteiger partial charge in [-0.15, -0.1) is 0 Å². The molecular weight excluding hydrogens is 160 g/mol. The summed E-state index contributed by atoms with van der Waals surface area (Å²) in [7, 11) is -2.21. The van der Waals surface area contributed by atoms with Gasteiger partial charge in [-0.05, 0) is 12.8 Å². The first-order valence-electron chi connectivity index (χ1n) is 4.36. The van der Waals surface area contributed by atoms with Crippen LogP contribution in [0.15, 0.2) is 0 Å². The van der Waals surface area contributed by atoms with Gasteiger partial charge in [0.25, 0.3) is 0 Å². The van der Waals surface area contributed by atoms with E-state index in [1.54, 1.807) is 0 Å². The normalized spacial score (nSPS) is 13.5. The molecular formula is C8H20O2S. The molecule has 0 radical (unpaired) electrons. The summed E-state index contributed by atoms with van der Waals surface area (Å²) < 4.78 is 18.8. The van der Waals surface area contributed by atoms with Crippen molar-refractivity contribution in [1.82, 2.24) is 0 Å². The van der Waals surface area contributed by atoms with Crippen molar-refractivity contribution in [2.75, 3.05) is 11.5 Å². The van der Waals surface area contributed by atoms with Crippen LogP contribution in [0.4, 0.5) is 0 Å². The molecule has 0 aromatic carbocycles. The summed E-state index contributed by atoms with van der Waals surface area (Å²) in [6.45, 7) is 4.13. The molecule has 3 heteroatoms. The highest BCUT2D eigenvalue weighted by molar-refractivity contribution is 8.24. The molecule has 0 aromatic rings. The smallest absolute Gasteiger partial charge is 0.0374 e. The molecule has 0 amide bonds. The van der Waals surface area contributed by atoms with E-state index >= 15 is 0 Å². The lowest BCUT2D eigenvalue weighted by Gasteiger charge is -2.31. The molecule has 0 heterocycles. The Hall–Kier alpha value is 0.270. The van der Waals surface area contributed by atoms with Crippen molar-refractivity contribution in [1.29, 1.82) is 0 Å². The Morgan fingerprint density at radius 2 is 1.27 bits per heavy atom. The van der Waals surface area contributed by atoms with Gasteiger partial charge in [0.05, 0.1) is 0 Å². The van der Waals surface area contributed by atoms with Gasteiger partial charge >= 0.3 is 0 Å². The zero-order valence-electron chi connectivity index (χ0n) is 7.55. The van der Waals surface area contributed by atoms with Crippen LogP contribution >= 0.6 is 10.6 Å². The Balaban J connectivity index is 3.43. The Labute approximate surface area is 71.4 Å². The van der Waals surface area contributed by atoms with E-state index in [4.69, 9.17) is 0 Å². The van der Waals surface area contributed by atoms with Gasteiger partial charge < -0.3 is 0 Å². The van der Waals surface area contributed by atoms with Gasteiger partial charge in [-0.1, -0.05) is 26.7 Å². The monoisotopic (exact) mass is 180 g/mol. The fraction of sp³-hybridized carbons (Fsp3) is 1.00. The highest BCUT2D eigenvalue weighted by Gasteiger charge is 2.09. The highest BCUT2D eigenvalue weighted by atomic mass is 32.3. The Kier molecular flexibility index (Phi) is 6.01. The van der Waals surface area contributed by atoms with Crippen LogP contribution in [0.3, 0.4) is 0 Å². The molecule has 2 N–H and O–H groups in total. The first-order valence-corrected chi connectivity index (χ1v) is 6.24. The number of hydrogen-bond donors (Lipinski definition) is 2. The fourth-order valence-corrected chi connectivity index (χ4v) is 2.56. The van der Waals surface area contributed by atoms with E-state index in [1.165, 1.54) is 0 Å². The van der Waals surface area contributed by atoms with Crippen molar-refractivity contribution in [3.63, 3.8) is 0 Å². The first kappa shape index (κ1) is 11.3. The van der Waals surface area contributed by atoms with Crippen molar-refractivity contribution >= 4 is 10.6 Å². The molecule has 2 nitrogen and oxygen atoms in total. The molecule has 0 bridgehead atoms. The van der Waals surface area contributed by atoms with Crippen LogP contribution in [-0.4, -0.2) is 20.6 Å². The van der Waals surface area contributed by atoms with E-state index in [-0.39, 0.29) is 0 Å².